The monoisotopic (exact) mass is 412 g/mol. The van der Waals surface area contributed by atoms with Crippen LogP contribution in [-0.4, -0.2) is 37.0 Å². The van der Waals surface area contributed by atoms with E-state index in [0.29, 0.717) is 23.9 Å². The lowest BCUT2D eigenvalue weighted by atomic mass is 10.1. The molecule has 0 bridgehead atoms. The van der Waals surface area contributed by atoms with Crippen LogP contribution >= 0.6 is 0 Å². The van der Waals surface area contributed by atoms with Gasteiger partial charge in [0, 0.05) is 19.2 Å². The zero-order valence-electron chi connectivity index (χ0n) is 16.8. The smallest absolute Gasteiger partial charge is 0.237 e. The molecule has 0 saturated heterocycles. The Morgan fingerprint density at radius 2 is 1.69 bits per heavy atom. The normalized spacial score (nSPS) is 11.4. The number of sulfone groups is 1. The maximum Gasteiger partial charge on any atom is 0.237 e. The van der Waals surface area contributed by atoms with E-state index in [-0.39, 0.29) is 5.75 Å². The van der Waals surface area contributed by atoms with E-state index < -0.39 is 21.5 Å². The van der Waals surface area contributed by atoms with Crippen molar-refractivity contribution in [1.82, 2.24) is 9.88 Å². The van der Waals surface area contributed by atoms with Crippen molar-refractivity contribution in [1.29, 1.82) is 0 Å². The molecule has 1 aromatic heterocycles. The first kappa shape index (κ1) is 20.8. The molecule has 152 valence electrons. The summed E-state index contributed by atoms with van der Waals surface area (Å²) in [7, 11) is -2.09. The number of oxazole rings is 1. The number of nitrogens with zero attached hydrogens (tertiary/aromatic N) is 2. The minimum atomic E-state index is -3.69. The highest BCUT2D eigenvalue weighted by Gasteiger charge is 2.24. The molecule has 0 aliphatic rings. The number of benzene rings is 2. The van der Waals surface area contributed by atoms with Crippen LogP contribution in [0.25, 0.3) is 11.5 Å². The zero-order chi connectivity index (χ0) is 21.0. The van der Waals surface area contributed by atoms with Gasteiger partial charge in [0.25, 0.3) is 0 Å². The van der Waals surface area contributed by atoms with Crippen LogP contribution in [0.5, 0.6) is 0 Å². The van der Waals surface area contributed by atoms with Crippen LogP contribution in [-0.2, 0) is 26.9 Å². The number of hydrogen-bond acceptors (Lipinski definition) is 5. The van der Waals surface area contributed by atoms with E-state index in [1.807, 2.05) is 61.5 Å². The molecule has 0 N–H and O–H groups in total. The second kappa shape index (κ2) is 8.61. The lowest BCUT2D eigenvalue weighted by Gasteiger charge is -2.17. The molecule has 7 heteroatoms. The fraction of sp³-hybridized carbons (Fsp3) is 0.273. The average Bonchev–Trinajstić information content (AvgIpc) is 3.02. The quantitative estimate of drug-likeness (QED) is 0.593. The molecule has 0 aliphatic carbocycles. The first-order valence-corrected chi connectivity index (χ1v) is 11.1. The molecule has 0 radical (unpaired) electrons. The number of carbonyl (C=O) groups is 1. The summed E-state index contributed by atoms with van der Waals surface area (Å²) in [6.45, 7) is 3.98. The van der Waals surface area contributed by atoms with Gasteiger partial charge < -0.3 is 9.32 Å². The number of aryl methyl sites for hydroxylation is 2. The maximum absolute atomic E-state index is 12.6. The van der Waals surface area contributed by atoms with Crippen LogP contribution in [0.3, 0.4) is 0 Å². The molecule has 3 rings (SSSR count). The van der Waals surface area contributed by atoms with Gasteiger partial charge in [-0.05, 0) is 31.0 Å². The minimum Gasteiger partial charge on any atom is -0.441 e. The number of hydrogen-bond donors (Lipinski definition) is 0. The number of carbonyl (C=O) groups excluding carboxylic acids is 1. The molecular weight excluding hydrogens is 388 g/mol. The van der Waals surface area contributed by atoms with Crippen LogP contribution in [0, 0.1) is 13.8 Å². The first-order valence-electron chi connectivity index (χ1n) is 9.26. The summed E-state index contributed by atoms with van der Waals surface area (Å²) < 4.78 is 30.9. The predicted molar refractivity (Wildman–Crippen MR) is 112 cm³/mol. The molecular formula is C22H24N2O4S. The minimum absolute atomic E-state index is 0.334. The Hall–Kier alpha value is -2.93. The summed E-state index contributed by atoms with van der Waals surface area (Å²) in [4.78, 5) is 18.2. The van der Waals surface area contributed by atoms with Gasteiger partial charge in [0.2, 0.25) is 11.8 Å². The van der Waals surface area contributed by atoms with Crippen molar-refractivity contribution in [3.63, 3.8) is 0 Å². The van der Waals surface area contributed by atoms with E-state index in [9.17, 15) is 13.2 Å². The van der Waals surface area contributed by atoms with E-state index in [1.165, 1.54) is 4.90 Å². The molecule has 2 aromatic carbocycles. The molecule has 29 heavy (non-hydrogen) atoms. The molecule has 1 heterocycles. The van der Waals surface area contributed by atoms with Crippen LogP contribution in [0.4, 0.5) is 0 Å². The molecule has 3 aromatic rings. The summed E-state index contributed by atoms with van der Waals surface area (Å²) >= 11 is 0. The number of rotatable bonds is 7. The van der Waals surface area contributed by atoms with Crippen molar-refractivity contribution in [2.24, 2.45) is 0 Å². The van der Waals surface area contributed by atoms with Gasteiger partial charge in [0.15, 0.2) is 9.84 Å². The molecule has 0 spiro atoms. The lowest BCUT2D eigenvalue weighted by molar-refractivity contribution is -0.127. The van der Waals surface area contributed by atoms with E-state index in [4.69, 9.17) is 4.42 Å². The van der Waals surface area contributed by atoms with Gasteiger partial charge in [0.05, 0.1) is 11.4 Å². The van der Waals surface area contributed by atoms with Gasteiger partial charge in [-0.25, -0.2) is 13.4 Å². The van der Waals surface area contributed by atoms with Crippen LogP contribution in [0.1, 0.15) is 22.6 Å². The SMILES string of the molecule is Cc1ccccc1-c1nc(CS(=O)(=O)CC(=O)N(C)Cc2ccccc2)c(C)o1. The molecule has 0 unspecified atom stereocenters. The molecule has 0 fully saturated rings. The Morgan fingerprint density at radius 3 is 2.38 bits per heavy atom. The third kappa shape index (κ3) is 5.32. The summed E-state index contributed by atoms with van der Waals surface area (Å²) in [6.07, 6.45) is 0. The molecule has 0 saturated carbocycles. The molecule has 0 aliphatic heterocycles. The van der Waals surface area contributed by atoms with Crippen LogP contribution in [0.2, 0.25) is 0 Å². The van der Waals surface area contributed by atoms with Gasteiger partial charge in [-0.15, -0.1) is 0 Å². The highest BCUT2D eigenvalue weighted by atomic mass is 32.2. The maximum atomic E-state index is 12.6. The zero-order valence-corrected chi connectivity index (χ0v) is 17.6. The lowest BCUT2D eigenvalue weighted by Crippen LogP contribution is -2.32. The van der Waals surface area contributed by atoms with E-state index in [0.717, 1.165) is 16.7 Å². The van der Waals surface area contributed by atoms with E-state index in [2.05, 4.69) is 4.98 Å². The van der Waals surface area contributed by atoms with Gasteiger partial charge >= 0.3 is 0 Å². The van der Waals surface area contributed by atoms with E-state index >= 15 is 0 Å². The standard InChI is InChI=1S/C22H24N2O4S/c1-16-9-7-8-12-19(16)22-23-20(17(2)28-22)14-29(26,27)15-21(25)24(3)13-18-10-5-4-6-11-18/h4-12H,13-15H2,1-3H3. The van der Waals surface area contributed by atoms with E-state index in [1.54, 1.807) is 14.0 Å². The van der Waals surface area contributed by atoms with Crippen molar-refractivity contribution in [3.05, 3.63) is 77.2 Å². The molecule has 0 atom stereocenters. The Kier molecular flexibility index (Phi) is 6.17. The molecule has 6 nitrogen and oxygen atoms in total. The van der Waals surface area contributed by atoms with Gasteiger partial charge in [-0.2, -0.15) is 0 Å². The summed E-state index contributed by atoms with van der Waals surface area (Å²) in [6, 6.07) is 17.0. The topological polar surface area (TPSA) is 80.5 Å². The average molecular weight is 413 g/mol. The van der Waals surface area contributed by atoms with Crippen LogP contribution in [0.15, 0.2) is 59.0 Å². The van der Waals surface area contributed by atoms with Gasteiger partial charge in [0.1, 0.15) is 11.5 Å². The third-order valence-electron chi connectivity index (χ3n) is 4.66. The Bertz CT molecular complexity index is 1100. The summed E-state index contributed by atoms with van der Waals surface area (Å²) in [5, 5.41) is 0. The largest absolute Gasteiger partial charge is 0.441 e. The Morgan fingerprint density at radius 1 is 1.03 bits per heavy atom. The summed E-state index contributed by atoms with van der Waals surface area (Å²) in [5.74, 6) is -0.522. The third-order valence-corrected chi connectivity index (χ3v) is 6.06. The van der Waals surface area contributed by atoms with Crippen LogP contribution < -0.4 is 0 Å². The molecule has 1 amide bonds. The Labute approximate surface area is 171 Å². The Balaban J connectivity index is 1.69. The van der Waals surface area contributed by atoms with Gasteiger partial charge in [-0.1, -0.05) is 48.5 Å². The summed E-state index contributed by atoms with van der Waals surface area (Å²) in [5.41, 5.74) is 3.08. The highest BCUT2D eigenvalue weighted by molar-refractivity contribution is 7.91. The fourth-order valence-electron chi connectivity index (χ4n) is 2.99. The second-order valence-corrected chi connectivity index (χ2v) is 9.17. The van der Waals surface area contributed by atoms with Crippen molar-refractivity contribution >= 4 is 15.7 Å². The first-order chi connectivity index (χ1) is 13.7. The van der Waals surface area contributed by atoms with Crippen molar-refractivity contribution in [2.45, 2.75) is 26.1 Å². The van der Waals surface area contributed by atoms with Crippen molar-refractivity contribution in [2.75, 3.05) is 12.8 Å². The number of aromatic nitrogens is 1. The predicted octanol–water partition coefficient (Wildman–Crippen LogP) is 3.53. The fourth-order valence-corrected chi connectivity index (χ4v) is 4.38. The van der Waals surface area contributed by atoms with Crippen molar-refractivity contribution in [3.8, 4) is 11.5 Å². The van der Waals surface area contributed by atoms with Gasteiger partial charge in [-0.3, -0.25) is 4.79 Å². The van der Waals surface area contributed by atoms with Crippen molar-refractivity contribution < 1.29 is 17.6 Å². The second-order valence-electron chi connectivity index (χ2n) is 7.10. The number of amides is 1. The highest BCUT2D eigenvalue weighted by Crippen LogP contribution is 2.25.